The molecule has 8 nitrogen and oxygen atoms in total. The van der Waals surface area contributed by atoms with Crippen LogP contribution in [0.5, 0.6) is 0 Å². The minimum Gasteiger partial charge on any atom is -0.394 e. The lowest BCUT2D eigenvalue weighted by molar-refractivity contribution is -0.486. The number of hydrogen-bond donors (Lipinski definition) is 4. The number of aliphatic hydroxyl groups is 4. The van der Waals surface area contributed by atoms with Crippen LogP contribution < -0.4 is 0 Å². The molecular formula is C7H12O8. The summed E-state index contributed by atoms with van der Waals surface area (Å²) in [4.78, 5) is 18.5. The number of carbonyl (C=O) groups is 1. The molecule has 15 heavy (non-hydrogen) atoms. The van der Waals surface area contributed by atoms with Crippen molar-refractivity contribution in [2.75, 3.05) is 6.61 Å². The van der Waals surface area contributed by atoms with Crippen LogP contribution in [0.2, 0.25) is 0 Å². The van der Waals surface area contributed by atoms with E-state index in [4.69, 9.17) is 5.11 Å². The fourth-order valence-electron chi connectivity index (χ4n) is 1.11. The molecule has 1 unspecified atom stereocenters. The molecular weight excluding hydrogens is 212 g/mol. The van der Waals surface area contributed by atoms with Crippen LogP contribution in [0.4, 0.5) is 0 Å². The van der Waals surface area contributed by atoms with E-state index in [1.807, 2.05) is 0 Å². The van der Waals surface area contributed by atoms with E-state index in [0.29, 0.717) is 0 Å². The molecule has 1 aliphatic rings. The molecule has 1 saturated heterocycles. The summed E-state index contributed by atoms with van der Waals surface area (Å²) < 4.78 is 4.58. The van der Waals surface area contributed by atoms with Gasteiger partial charge >= 0.3 is 11.9 Å². The van der Waals surface area contributed by atoms with Crippen molar-refractivity contribution in [3.05, 3.63) is 0 Å². The second-order valence-corrected chi connectivity index (χ2v) is 3.06. The molecule has 4 N–H and O–H groups in total. The van der Waals surface area contributed by atoms with Gasteiger partial charge in [0.2, 0.25) is 0 Å². The number of carbonyl (C=O) groups excluding carboxylic acids is 1. The van der Waals surface area contributed by atoms with Gasteiger partial charge in [-0.15, -0.1) is 4.89 Å². The summed E-state index contributed by atoms with van der Waals surface area (Å²) in [6, 6.07) is 0. The van der Waals surface area contributed by atoms with Crippen molar-refractivity contribution in [2.24, 2.45) is 0 Å². The first kappa shape index (κ1) is 12.3. The van der Waals surface area contributed by atoms with Crippen LogP contribution in [-0.4, -0.2) is 57.3 Å². The zero-order chi connectivity index (χ0) is 11.6. The molecule has 0 amide bonds. The van der Waals surface area contributed by atoms with Gasteiger partial charge in [-0.25, -0.2) is 4.79 Å². The van der Waals surface area contributed by atoms with Gasteiger partial charge < -0.3 is 25.2 Å². The van der Waals surface area contributed by atoms with Crippen LogP contribution in [0, 0.1) is 0 Å². The Balaban J connectivity index is 2.64. The Kier molecular flexibility index (Phi) is 3.60. The third-order valence-electron chi connectivity index (χ3n) is 1.86. The number of rotatable bonds is 3. The molecule has 0 aromatic carbocycles. The van der Waals surface area contributed by atoms with E-state index in [1.165, 1.54) is 0 Å². The van der Waals surface area contributed by atoms with Crippen LogP contribution in [0.15, 0.2) is 0 Å². The van der Waals surface area contributed by atoms with E-state index in [1.54, 1.807) is 0 Å². The summed E-state index contributed by atoms with van der Waals surface area (Å²) >= 11 is 0. The van der Waals surface area contributed by atoms with E-state index in [9.17, 15) is 20.1 Å². The standard InChI is InChI=1S/C7H12O8/c1-3(9)14-15-7(12)6(11)5(10)4(2-8)13-7/h4-6,8,10-12H,2H2,1H3/t4-,5-,6-,7?/m1/s1. The molecule has 1 aliphatic heterocycles. The zero-order valence-electron chi connectivity index (χ0n) is 7.86. The maximum Gasteiger partial charge on any atom is 0.350 e. The molecule has 0 saturated carbocycles. The smallest absolute Gasteiger partial charge is 0.350 e. The van der Waals surface area contributed by atoms with Gasteiger partial charge in [0.1, 0.15) is 12.2 Å². The Morgan fingerprint density at radius 1 is 1.53 bits per heavy atom. The predicted octanol–water partition coefficient (Wildman–Crippen LogP) is -2.76. The largest absolute Gasteiger partial charge is 0.394 e. The normalized spacial score (nSPS) is 40.5. The van der Waals surface area contributed by atoms with Gasteiger partial charge in [-0.05, 0) is 0 Å². The van der Waals surface area contributed by atoms with Crippen LogP contribution >= 0.6 is 0 Å². The van der Waals surface area contributed by atoms with E-state index in [0.717, 1.165) is 6.92 Å². The number of aliphatic hydroxyl groups excluding tert-OH is 3. The average molecular weight is 224 g/mol. The molecule has 1 rings (SSSR count). The van der Waals surface area contributed by atoms with Crippen LogP contribution in [0.1, 0.15) is 6.92 Å². The highest BCUT2D eigenvalue weighted by Crippen LogP contribution is 2.30. The van der Waals surface area contributed by atoms with E-state index >= 15 is 0 Å². The molecule has 0 bridgehead atoms. The summed E-state index contributed by atoms with van der Waals surface area (Å²) in [7, 11) is 0. The van der Waals surface area contributed by atoms with Crippen LogP contribution in [0.3, 0.4) is 0 Å². The summed E-state index contributed by atoms with van der Waals surface area (Å²) in [5.74, 6) is -3.54. The van der Waals surface area contributed by atoms with E-state index in [-0.39, 0.29) is 0 Å². The monoisotopic (exact) mass is 224 g/mol. The number of ether oxygens (including phenoxy) is 1. The van der Waals surface area contributed by atoms with Gasteiger partial charge in [0, 0.05) is 6.92 Å². The van der Waals surface area contributed by atoms with Gasteiger partial charge in [-0.2, -0.15) is 0 Å². The summed E-state index contributed by atoms with van der Waals surface area (Å²) in [5, 5.41) is 36.7. The molecule has 8 heteroatoms. The third-order valence-corrected chi connectivity index (χ3v) is 1.86. The van der Waals surface area contributed by atoms with Crippen molar-refractivity contribution in [1.29, 1.82) is 0 Å². The molecule has 1 heterocycles. The van der Waals surface area contributed by atoms with Gasteiger partial charge in [-0.3, -0.25) is 4.89 Å². The minimum absolute atomic E-state index is 0.635. The topological polar surface area (TPSA) is 126 Å². The summed E-state index contributed by atoms with van der Waals surface area (Å²) in [6.07, 6.45) is -4.62. The van der Waals surface area contributed by atoms with Crippen molar-refractivity contribution in [2.45, 2.75) is 31.2 Å². The Morgan fingerprint density at radius 3 is 2.53 bits per heavy atom. The lowest BCUT2D eigenvalue weighted by atomic mass is 10.1. The van der Waals surface area contributed by atoms with Crippen molar-refractivity contribution in [3.63, 3.8) is 0 Å². The highest BCUT2D eigenvalue weighted by Gasteiger charge is 2.56. The van der Waals surface area contributed by atoms with Crippen molar-refractivity contribution in [1.82, 2.24) is 0 Å². The van der Waals surface area contributed by atoms with E-state index in [2.05, 4.69) is 14.5 Å². The SMILES string of the molecule is CC(=O)OOC1(O)O[C@H](CO)[C@@H](O)[C@H]1O. The Labute approximate surface area is 84.5 Å². The second-order valence-electron chi connectivity index (χ2n) is 3.06. The Hall–Kier alpha value is -0.770. The fourth-order valence-corrected chi connectivity index (χ4v) is 1.11. The van der Waals surface area contributed by atoms with E-state index < -0.39 is 36.9 Å². The average Bonchev–Trinajstić information content (AvgIpc) is 2.41. The van der Waals surface area contributed by atoms with Gasteiger partial charge in [0.05, 0.1) is 6.61 Å². The molecule has 88 valence electrons. The fraction of sp³-hybridized carbons (Fsp3) is 0.857. The Morgan fingerprint density at radius 2 is 2.13 bits per heavy atom. The first-order valence-corrected chi connectivity index (χ1v) is 4.14. The predicted molar refractivity (Wildman–Crippen MR) is 41.8 cm³/mol. The Bertz CT molecular complexity index is 243. The molecule has 4 atom stereocenters. The lowest BCUT2D eigenvalue weighted by Gasteiger charge is -2.22. The maximum atomic E-state index is 10.4. The van der Waals surface area contributed by atoms with Gasteiger partial charge in [-0.1, -0.05) is 0 Å². The molecule has 1 fully saturated rings. The summed E-state index contributed by atoms with van der Waals surface area (Å²) in [6.45, 7) is 0.370. The van der Waals surface area contributed by atoms with Crippen molar-refractivity contribution >= 4 is 5.97 Å². The maximum absolute atomic E-state index is 10.4. The van der Waals surface area contributed by atoms with Crippen molar-refractivity contribution < 1.29 is 39.7 Å². The molecule has 0 radical (unpaired) electrons. The lowest BCUT2D eigenvalue weighted by Crippen LogP contribution is -2.45. The molecule has 0 aliphatic carbocycles. The first-order chi connectivity index (χ1) is 6.90. The zero-order valence-corrected chi connectivity index (χ0v) is 7.86. The quantitative estimate of drug-likeness (QED) is 0.231. The van der Waals surface area contributed by atoms with Gasteiger partial charge in [0.25, 0.3) is 0 Å². The molecule has 0 aromatic heterocycles. The molecule has 0 spiro atoms. The third kappa shape index (κ3) is 2.43. The summed E-state index contributed by atoms with van der Waals surface area (Å²) in [5.41, 5.74) is 0. The second kappa shape index (κ2) is 4.39. The first-order valence-electron chi connectivity index (χ1n) is 4.14. The number of hydrogen-bond acceptors (Lipinski definition) is 8. The minimum atomic E-state index is -2.67. The van der Waals surface area contributed by atoms with Crippen LogP contribution in [-0.2, 0) is 19.3 Å². The highest BCUT2D eigenvalue weighted by atomic mass is 17.3. The molecule has 0 aromatic rings. The van der Waals surface area contributed by atoms with Crippen LogP contribution in [0.25, 0.3) is 0 Å². The van der Waals surface area contributed by atoms with Crippen molar-refractivity contribution in [3.8, 4) is 0 Å². The highest BCUT2D eigenvalue weighted by molar-refractivity contribution is 5.65. The van der Waals surface area contributed by atoms with Gasteiger partial charge in [0.15, 0.2) is 6.10 Å².